The molecule has 0 amide bonds. The first-order valence-corrected chi connectivity index (χ1v) is 6.30. The molecule has 0 bridgehead atoms. The third-order valence-corrected chi connectivity index (χ3v) is 3.02. The molecule has 0 atom stereocenters. The van der Waals surface area contributed by atoms with E-state index < -0.39 is 5.97 Å². The summed E-state index contributed by atoms with van der Waals surface area (Å²) >= 11 is 0. The first-order chi connectivity index (χ1) is 9.61. The number of fused-ring (bicyclic) bond motifs is 2. The maximum atomic E-state index is 10.6. The van der Waals surface area contributed by atoms with Crippen LogP contribution in [0.2, 0.25) is 0 Å². The fourth-order valence-corrected chi connectivity index (χ4v) is 2.22. The van der Waals surface area contributed by atoms with E-state index in [-0.39, 0.29) is 6.54 Å². The molecule has 2 heterocycles. The van der Waals surface area contributed by atoms with Crippen molar-refractivity contribution in [1.82, 2.24) is 14.9 Å². The first kappa shape index (κ1) is 12.7. The van der Waals surface area contributed by atoms with Gasteiger partial charge in [-0.1, -0.05) is 0 Å². The third-order valence-electron chi connectivity index (χ3n) is 3.02. The van der Waals surface area contributed by atoms with Crippen molar-refractivity contribution in [3.05, 3.63) is 18.0 Å². The summed E-state index contributed by atoms with van der Waals surface area (Å²) in [4.78, 5) is 19.9. The highest BCUT2D eigenvalue weighted by Crippen LogP contribution is 2.33. The predicted octanol–water partition coefficient (Wildman–Crippen LogP) is 0.851. The molecule has 1 aromatic carbocycles. The van der Waals surface area contributed by atoms with Crippen LogP contribution in [-0.2, 0) is 11.3 Å². The number of nitrogens with zero attached hydrogens (tertiary/aromatic N) is 2. The van der Waals surface area contributed by atoms with E-state index in [9.17, 15) is 4.79 Å². The van der Waals surface area contributed by atoms with Gasteiger partial charge in [0.25, 0.3) is 0 Å². The molecule has 2 aromatic rings. The summed E-state index contributed by atoms with van der Waals surface area (Å²) in [5, 5.41) is 8.74. The van der Waals surface area contributed by atoms with Crippen molar-refractivity contribution in [1.29, 1.82) is 0 Å². The highest BCUT2D eigenvalue weighted by molar-refractivity contribution is 5.80. The number of carbonyl (C=O) groups is 1. The van der Waals surface area contributed by atoms with E-state index in [0.29, 0.717) is 37.1 Å². The molecule has 7 nitrogen and oxygen atoms in total. The van der Waals surface area contributed by atoms with Gasteiger partial charge in [0.2, 0.25) is 0 Å². The van der Waals surface area contributed by atoms with Gasteiger partial charge in [0, 0.05) is 12.1 Å². The van der Waals surface area contributed by atoms with Crippen LogP contribution in [-0.4, -0.2) is 52.7 Å². The summed E-state index contributed by atoms with van der Waals surface area (Å²) in [5.74, 6) is 1.26. The number of rotatable bonds is 4. The SMILES string of the molecule is CN(CC(=O)O)Cc1nc2cc3c(cc2[nH]1)OCCO3. The van der Waals surface area contributed by atoms with Gasteiger partial charge in [-0.3, -0.25) is 9.69 Å². The number of likely N-dealkylation sites (N-methyl/N-ethyl adjacent to an activating group) is 1. The average Bonchev–Trinajstić information content (AvgIpc) is 2.75. The van der Waals surface area contributed by atoms with Gasteiger partial charge in [0.15, 0.2) is 11.5 Å². The lowest BCUT2D eigenvalue weighted by molar-refractivity contribution is -0.138. The minimum atomic E-state index is -0.860. The number of hydrogen-bond donors (Lipinski definition) is 2. The number of aromatic nitrogens is 2. The first-order valence-electron chi connectivity index (χ1n) is 6.30. The zero-order chi connectivity index (χ0) is 14.1. The molecular weight excluding hydrogens is 262 g/mol. The zero-order valence-electron chi connectivity index (χ0n) is 11.0. The van der Waals surface area contributed by atoms with Gasteiger partial charge in [0.05, 0.1) is 24.1 Å². The van der Waals surface area contributed by atoms with Crippen molar-refractivity contribution in [2.24, 2.45) is 0 Å². The van der Waals surface area contributed by atoms with Crippen LogP contribution in [0.5, 0.6) is 11.5 Å². The van der Waals surface area contributed by atoms with Gasteiger partial charge in [-0.15, -0.1) is 0 Å². The average molecular weight is 277 g/mol. The van der Waals surface area contributed by atoms with Crippen LogP contribution in [0.1, 0.15) is 5.82 Å². The van der Waals surface area contributed by atoms with Gasteiger partial charge in [0.1, 0.15) is 19.0 Å². The van der Waals surface area contributed by atoms with Crippen LogP contribution in [0.3, 0.4) is 0 Å². The van der Waals surface area contributed by atoms with E-state index >= 15 is 0 Å². The van der Waals surface area contributed by atoms with Gasteiger partial charge in [-0.25, -0.2) is 4.98 Å². The Balaban J connectivity index is 1.85. The molecule has 1 aromatic heterocycles. The summed E-state index contributed by atoms with van der Waals surface area (Å²) in [6.45, 7) is 1.49. The standard InChI is InChI=1S/C13H15N3O4/c1-16(7-13(17)18)6-12-14-8-4-10-11(5-9(8)15-12)20-3-2-19-10/h4-5H,2-3,6-7H2,1H3,(H,14,15)(H,17,18). The molecule has 0 aliphatic carbocycles. The normalized spacial score (nSPS) is 13.9. The molecule has 1 aliphatic rings. The lowest BCUT2D eigenvalue weighted by Gasteiger charge is -2.17. The fourth-order valence-electron chi connectivity index (χ4n) is 2.22. The Morgan fingerprint density at radius 3 is 2.80 bits per heavy atom. The second-order valence-corrected chi connectivity index (χ2v) is 4.76. The molecule has 0 radical (unpaired) electrons. The van der Waals surface area contributed by atoms with E-state index in [0.717, 1.165) is 11.0 Å². The number of benzene rings is 1. The van der Waals surface area contributed by atoms with Crippen LogP contribution in [0.4, 0.5) is 0 Å². The zero-order valence-corrected chi connectivity index (χ0v) is 11.0. The Morgan fingerprint density at radius 1 is 1.40 bits per heavy atom. The molecule has 0 saturated carbocycles. The number of carboxylic acid groups (broad SMARTS) is 1. The van der Waals surface area contributed by atoms with Gasteiger partial charge in [-0.05, 0) is 7.05 Å². The number of aromatic amines is 1. The van der Waals surface area contributed by atoms with Crippen molar-refractivity contribution in [2.45, 2.75) is 6.54 Å². The quantitative estimate of drug-likeness (QED) is 0.861. The molecule has 0 fully saturated rings. The van der Waals surface area contributed by atoms with Gasteiger partial charge < -0.3 is 19.6 Å². The maximum Gasteiger partial charge on any atom is 0.317 e. The minimum absolute atomic E-state index is 0.0280. The Bertz CT molecular complexity index is 609. The Labute approximate surface area is 115 Å². The second kappa shape index (κ2) is 5.01. The molecule has 106 valence electrons. The van der Waals surface area contributed by atoms with Crippen molar-refractivity contribution < 1.29 is 19.4 Å². The maximum absolute atomic E-state index is 10.6. The summed E-state index contributed by atoms with van der Waals surface area (Å²) in [7, 11) is 1.73. The van der Waals surface area contributed by atoms with Crippen LogP contribution in [0, 0.1) is 0 Å². The number of carboxylic acids is 1. The van der Waals surface area contributed by atoms with E-state index in [1.165, 1.54) is 0 Å². The summed E-state index contributed by atoms with van der Waals surface area (Å²) in [6, 6.07) is 3.69. The summed E-state index contributed by atoms with van der Waals surface area (Å²) < 4.78 is 11.0. The molecule has 3 rings (SSSR count). The monoisotopic (exact) mass is 277 g/mol. The predicted molar refractivity (Wildman–Crippen MR) is 71.1 cm³/mol. The van der Waals surface area contributed by atoms with Crippen LogP contribution in [0.15, 0.2) is 12.1 Å². The van der Waals surface area contributed by atoms with Crippen molar-refractivity contribution >= 4 is 17.0 Å². The number of ether oxygens (including phenoxy) is 2. The van der Waals surface area contributed by atoms with Crippen LogP contribution >= 0.6 is 0 Å². The summed E-state index contributed by atoms with van der Waals surface area (Å²) in [6.07, 6.45) is 0. The molecule has 0 saturated heterocycles. The molecule has 7 heteroatoms. The van der Waals surface area contributed by atoms with Gasteiger partial charge in [-0.2, -0.15) is 0 Å². The van der Waals surface area contributed by atoms with E-state index in [2.05, 4.69) is 9.97 Å². The van der Waals surface area contributed by atoms with Crippen molar-refractivity contribution in [3.63, 3.8) is 0 Å². The number of H-pyrrole nitrogens is 1. The number of nitrogens with one attached hydrogen (secondary N) is 1. The lowest BCUT2D eigenvalue weighted by atomic mass is 10.2. The highest BCUT2D eigenvalue weighted by Gasteiger charge is 2.15. The van der Waals surface area contributed by atoms with E-state index in [1.54, 1.807) is 11.9 Å². The molecular formula is C13H15N3O4. The Kier molecular flexibility index (Phi) is 3.19. The summed E-state index contributed by atoms with van der Waals surface area (Å²) in [5.41, 5.74) is 1.64. The third kappa shape index (κ3) is 2.53. The molecule has 0 unspecified atom stereocenters. The van der Waals surface area contributed by atoms with Crippen LogP contribution in [0.25, 0.3) is 11.0 Å². The lowest BCUT2D eigenvalue weighted by Crippen LogP contribution is -2.25. The molecule has 0 spiro atoms. The highest BCUT2D eigenvalue weighted by atomic mass is 16.6. The topological polar surface area (TPSA) is 87.7 Å². The van der Waals surface area contributed by atoms with Crippen molar-refractivity contribution in [2.75, 3.05) is 26.8 Å². The Morgan fingerprint density at radius 2 is 2.10 bits per heavy atom. The molecule has 2 N–H and O–H groups in total. The minimum Gasteiger partial charge on any atom is -0.486 e. The Hall–Kier alpha value is -2.28. The van der Waals surface area contributed by atoms with Gasteiger partial charge >= 0.3 is 5.97 Å². The largest absolute Gasteiger partial charge is 0.486 e. The molecule has 1 aliphatic heterocycles. The van der Waals surface area contributed by atoms with Crippen LogP contribution < -0.4 is 9.47 Å². The van der Waals surface area contributed by atoms with E-state index in [4.69, 9.17) is 14.6 Å². The fraction of sp³-hybridized carbons (Fsp3) is 0.385. The smallest absolute Gasteiger partial charge is 0.317 e. The van der Waals surface area contributed by atoms with Crippen molar-refractivity contribution in [3.8, 4) is 11.5 Å². The molecule has 20 heavy (non-hydrogen) atoms. The number of aliphatic carboxylic acids is 1. The number of imidazole rings is 1. The second-order valence-electron chi connectivity index (χ2n) is 4.76. The number of hydrogen-bond acceptors (Lipinski definition) is 5. The van der Waals surface area contributed by atoms with E-state index in [1.807, 2.05) is 12.1 Å².